The van der Waals surface area contributed by atoms with E-state index in [1.54, 1.807) is 0 Å². The van der Waals surface area contributed by atoms with Crippen LogP contribution in [0.2, 0.25) is 0 Å². The first-order valence-corrected chi connectivity index (χ1v) is 43.8. The summed E-state index contributed by atoms with van der Waals surface area (Å²) in [5, 5.41) is 10.3. The fraction of sp³-hybridized carbons (Fsp3) is 0.103. The first-order valence-electron chi connectivity index (χ1n) is 43.0. The van der Waals surface area contributed by atoms with E-state index < -0.39 is 0 Å². The number of aryl methyl sites for hydroxylation is 12. The molecule has 0 N–H and O–H groups in total. The Morgan fingerprint density at radius 2 is 0.548 bits per heavy atom. The number of nitrogens with zero attached hydrogens (tertiary/aromatic N) is 8. The molecule has 22 aromatic rings. The molecule has 10 heterocycles. The molecule has 0 atom stereocenters. The third-order valence-corrected chi connectivity index (χ3v) is 26.3. The van der Waals surface area contributed by atoms with E-state index >= 15 is 0 Å². The maximum atomic E-state index is 6.36. The summed E-state index contributed by atoms with van der Waals surface area (Å²) in [6.45, 7) is 8.65. The molecule has 0 aliphatic heterocycles. The van der Waals surface area contributed by atoms with Crippen LogP contribution in [0.1, 0.15) is 44.5 Å². The third kappa shape index (κ3) is 15.6. The zero-order chi connectivity index (χ0) is 86.4. The van der Waals surface area contributed by atoms with Crippen LogP contribution in [-0.2, 0) is 56.4 Å². The molecule has 0 radical (unpaired) electrons. The Morgan fingerprint density at radius 1 is 0.254 bits per heavy atom. The van der Waals surface area contributed by atoms with Gasteiger partial charge >= 0.3 is 0 Å². The molecular formula is C116H98N8OS+4. The molecule has 0 fully saturated rings. The quantitative estimate of drug-likeness (QED) is 0.0765. The van der Waals surface area contributed by atoms with Crippen LogP contribution in [0.5, 0.6) is 0 Å². The molecule has 10 aromatic heterocycles. The first-order chi connectivity index (χ1) is 61.4. The van der Waals surface area contributed by atoms with Crippen molar-refractivity contribution in [2.75, 3.05) is 0 Å². The van der Waals surface area contributed by atoms with E-state index in [1.165, 1.54) is 187 Å². The summed E-state index contributed by atoms with van der Waals surface area (Å²) >= 11 is 1.86. The highest BCUT2D eigenvalue weighted by Gasteiger charge is 2.21. The number of thiophene rings is 1. The number of rotatable bonds is 10. The van der Waals surface area contributed by atoms with Gasteiger partial charge in [0.15, 0.2) is 24.8 Å². The standard InChI is InChI=1S/C30H25N2O.C30H25N2S.C28H25N2.C28H23N2/c2*1-20-11-12-21(18-25(20)26-9-6-7-17-31(26)2)29-15-16-30(33-29)22-13-14-24-23-8-4-5-10-27(23)32(3)28(24)19-22;2*1-20-11-12-21(18-25(20)26-9-6-7-17-29(26)2)13-14-22-15-16-24-23-8-4-5-10-27(23)30(3)28(24)19-22/h2*4-19H,1-3H3;4-19H,1-3H3;4-12,15-19H,1-3H3/q4*+1/b;;14-13+;. The first kappa shape index (κ1) is 80.4. The van der Waals surface area contributed by atoms with Gasteiger partial charge in [0.1, 0.15) is 39.7 Å². The number of benzene rings is 12. The molecule has 610 valence electrons. The van der Waals surface area contributed by atoms with Gasteiger partial charge in [0, 0.05) is 207 Å². The number of fused-ring (bicyclic) bond motifs is 12. The van der Waals surface area contributed by atoms with Crippen LogP contribution in [0.3, 0.4) is 0 Å². The van der Waals surface area contributed by atoms with Crippen molar-refractivity contribution in [1.82, 2.24) is 18.3 Å². The van der Waals surface area contributed by atoms with Gasteiger partial charge in [0.25, 0.3) is 0 Å². The summed E-state index contributed by atoms with van der Waals surface area (Å²) in [5.74, 6) is 8.49. The maximum Gasteiger partial charge on any atom is 0.212 e. The van der Waals surface area contributed by atoms with E-state index in [4.69, 9.17) is 4.42 Å². The van der Waals surface area contributed by atoms with Gasteiger partial charge in [-0.1, -0.05) is 182 Å². The molecule has 0 aliphatic carbocycles. The van der Waals surface area contributed by atoms with Crippen LogP contribution in [0.15, 0.2) is 369 Å². The lowest BCUT2D eigenvalue weighted by molar-refractivity contribution is -0.660. The number of aromatic nitrogens is 8. The van der Waals surface area contributed by atoms with Gasteiger partial charge < -0.3 is 22.7 Å². The second-order valence-corrected chi connectivity index (χ2v) is 34.2. The Labute approximate surface area is 740 Å². The Hall–Kier alpha value is -15.3. The maximum absolute atomic E-state index is 6.36. The molecular weight excluding hydrogens is 1550 g/mol. The number of para-hydroxylation sites is 4. The van der Waals surface area contributed by atoms with Gasteiger partial charge in [0.05, 0.1) is 11.1 Å². The molecule has 0 bridgehead atoms. The van der Waals surface area contributed by atoms with E-state index in [0.717, 1.165) is 33.8 Å². The molecule has 0 aliphatic rings. The van der Waals surface area contributed by atoms with Crippen molar-refractivity contribution in [2.45, 2.75) is 27.7 Å². The second-order valence-electron chi connectivity index (χ2n) is 33.1. The van der Waals surface area contributed by atoms with Crippen LogP contribution in [0.25, 0.3) is 188 Å². The van der Waals surface area contributed by atoms with Gasteiger partial charge in [0.2, 0.25) is 22.8 Å². The summed E-state index contributed by atoms with van der Waals surface area (Å²) in [5.41, 5.74) is 34.0. The van der Waals surface area contributed by atoms with Gasteiger partial charge in [-0.25, -0.2) is 18.3 Å². The molecule has 126 heavy (non-hydrogen) atoms. The molecule has 0 saturated heterocycles. The largest absolute Gasteiger partial charge is 0.456 e. The van der Waals surface area contributed by atoms with E-state index in [2.05, 4.69) is 497 Å². The van der Waals surface area contributed by atoms with Crippen molar-refractivity contribution in [2.24, 2.45) is 56.4 Å². The second kappa shape index (κ2) is 34.2. The highest BCUT2D eigenvalue weighted by Crippen LogP contribution is 2.42. The lowest BCUT2D eigenvalue weighted by atomic mass is 10.0. The van der Waals surface area contributed by atoms with Crippen molar-refractivity contribution in [3.8, 4) is 100 Å². The fourth-order valence-corrected chi connectivity index (χ4v) is 19.1. The Balaban J connectivity index is 0.000000110. The number of hydrogen-bond acceptors (Lipinski definition) is 2. The normalized spacial score (nSPS) is 11.4. The molecule has 10 heteroatoms. The highest BCUT2D eigenvalue weighted by atomic mass is 32.1. The summed E-state index contributed by atoms with van der Waals surface area (Å²) in [4.78, 5) is 2.59. The lowest BCUT2D eigenvalue weighted by Crippen LogP contribution is -2.30. The molecule has 9 nitrogen and oxygen atoms in total. The van der Waals surface area contributed by atoms with E-state index in [-0.39, 0.29) is 0 Å². The Kier molecular flexibility index (Phi) is 21.8. The van der Waals surface area contributed by atoms with Crippen molar-refractivity contribution in [3.63, 3.8) is 0 Å². The van der Waals surface area contributed by atoms with Crippen LogP contribution < -0.4 is 18.3 Å². The Bertz CT molecular complexity index is 7850. The zero-order valence-electron chi connectivity index (χ0n) is 73.2. The molecule has 0 unspecified atom stereocenters. The fourth-order valence-electron chi connectivity index (χ4n) is 18.1. The van der Waals surface area contributed by atoms with Gasteiger partial charge in [-0.3, -0.25) is 0 Å². The molecule has 0 spiro atoms. The molecule has 12 aromatic carbocycles. The van der Waals surface area contributed by atoms with Crippen LogP contribution >= 0.6 is 11.3 Å². The molecule has 0 saturated carbocycles. The smallest absolute Gasteiger partial charge is 0.212 e. The Morgan fingerprint density at radius 3 is 1.01 bits per heavy atom. The monoisotopic (exact) mass is 1650 g/mol. The topological polar surface area (TPSA) is 48.4 Å². The minimum absolute atomic E-state index is 0.877. The van der Waals surface area contributed by atoms with Crippen molar-refractivity contribution in [3.05, 3.63) is 409 Å². The van der Waals surface area contributed by atoms with Crippen molar-refractivity contribution in [1.29, 1.82) is 0 Å². The predicted octanol–water partition coefficient (Wildman–Crippen LogP) is 26.4. The summed E-state index contributed by atoms with van der Waals surface area (Å²) in [6, 6.07) is 121. The van der Waals surface area contributed by atoms with Gasteiger partial charge in [-0.05, 0) is 206 Å². The van der Waals surface area contributed by atoms with Gasteiger partial charge in [-0.2, -0.15) is 0 Å². The highest BCUT2D eigenvalue weighted by molar-refractivity contribution is 7.18. The van der Waals surface area contributed by atoms with E-state index in [9.17, 15) is 0 Å². The van der Waals surface area contributed by atoms with E-state index in [1.807, 2.05) is 23.5 Å². The SMILES string of the molecule is Cc1ccc(-c2ccc(-c3ccc4c5ccccc5n(C)c4c3)o2)cc1-c1cccc[n+]1C.Cc1ccc(-c2ccc(-c3ccc4c5ccccc5n(C)c4c3)s2)cc1-c1cccc[n+]1C.Cc1ccc(/C=C/c2ccc3c4ccccc4n(C)c3c2)cc1-c1cccc[n+]1C.Cc1ccc(C#Cc2ccc3c4ccccc4n(C)c3c2)cc1-c1cccc[n+]1C. The summed E-state index contributed by atoms with van der Waals surface area (Å²) < 4.78 is 24.1. The van der Waals surface area contributed by atoms with Crippen LogP contribution in [0, 0.1) is 39.5 Å². The zero-order valence-corrected chi connectivity index (χ0v) is 74.0. The summed E-state index contributed by atoms with van der Waals surface area (Å²) in [7, 11) is 16.9. The average molecular weight is 1650 g/mol. The predicted molar refractivity (Wildman–Crippen MR) is 527 cm³/mol. The lowest BCUT2D eigenvalue weighted by Gasteiger charge is -2.07. The minimum Gasteiger partial charge on any atom is -0.456 e. The summed E-state index contributed by atoms with van der Waals surface area (Å²) in [6.07, 6.45) is 12.8. The number of furan rings is 1. The van der Waals surface area contributed by atoms with Crippen molar-refractivity contribution >= 4 is 111 Å². The molecule has 0 amide bonds. The van der Waals surface area contributed by atoms with Crippen molar-refractivity contribution < 1.29 is 22.7 Å². The van der Waals surface area contributed by atoms with Crippen LogP contribution in [-0.4, -0.2) is 18.3 Å². The van der Waals surface area contributed by atoms with E-state index in [0.29, 0.717) is 0 Å². The van der Waals surface area contributed by atoms with Crippen LogP contribution in [0.4, 0.5) is 0 Å². The number of pyridine rings is 4. The number of hydrogen-bond donors (Lipinski definition) is 0. The molecule has 22 rings (SSSR count). The third-order valence-electron chi connectivity index (χ3n) is 25.1. The van der Waals surface area contributed by atoms with Gasteiger partial charge in [-0.15, -0.1) is 11.3 Å². The average Bonchev–Trinajstić information content (AvgIpc) is 1.62. The minimum atomic E-state index is 0.877.